The van der Waals surface area contributed by atoms with Crippen LogP contribution in [0, 0.1) is 0 Å². The van der Waals surface area contributed by atoms with E-state index in [1.807, 2.05) is 60.7 Å². The first-order valence-electron chi connectivity index (χ1n) is 10.5. The average Bonchev–Trinajstić information content (AvgIpc) is 2.80. The number of nitrogens with one attached hydrogen (secondary N) is 2. The number of carbonyl (C=O) groups excluding carboxylic acids is 2. The number of amides is 2. The molecule has 2 atom stereocenters. The summed E-state index contributed by atoms with van der Waals surface area (Å²) in [7, 11) is 0. The van der Waals surface area contributed by atoms with Gasteiger partial charge in [0, 0.05) is 12.0 Å². The molecule has 4 heteroatoms. The van der Waals surface area contributed by atoms with Crippen LogP contribution in [-0.4, -0.2) is 17.9 Å². The fraction of sp³-hybridized carbons (Fsp3) is 0.231. The third-order valence-corrected chi connectivity index (χ3v) is 5.63. The monoisotopic (exact) mass is 398 g/mol. The molecule has 1 aliphatic carbocycles. The molecule has 30 heavy (non-hydrogen) atoms. The Bertz CT molecular complexity index is 1000. The van der Waals surface area contributed by atoms with Gasteiger partial charge in [0.15, 0.2) is 0 Å². The number of fused-ring (bicyclic) bond motifs is 1. The van der Waals surface area contributed by atoms with Crippen molar-refractivity contribution < 1.29 is 9.59 Å². The lowest BCUT2D eigenvalue weighted by Gasteiger charge is -2.28. The molecular formula is C26H26N2O2. The first kappa shape index (κ1) is 19.9. The summed E-state index contributed by atoms with van der Waals surface area (Å²) in [5.74, 6) is -0.388. The number of carbonyl (C=O) groups is 2. The van der Waals surface area contributed by atoms with Crippen LogP contribution in [0.25, 0.3) is 0 Å². The fourth-order valence-electron chi connectivity index (χ4n) is 4.07. The van der Waals surface area contributed by atoms with Crippen molar-refractivity contribution >= 4 is 11.8 Å². The molecule has 0 aromatic heterocycles. The number of hydrogen-bond donors (Lipinski definition) is 2. The molecule has 0 bridgehead atoms. The van der Waals surface area contributed by atoms with Gasteiger partial charge in [-0.05, 0) is 48.1 Å². The van der Waals surface area contributed by atoms with Crippen molar-refractivity contribution in [2.24, 2.45) is 0 Å². The number of rotatable bonds is 6. The largest absolute Gasteiger partial charge is 0.347 e. The molecule has 4 nitrogen and oxygen atoms in total. The molecule has 2 N–H and O–H groups in total. The maximum Gasteiger partial charge on any atom is 0.251 e. The van der Waals surface area contributed by atoms with Gasteiger partial charge < -0.3 is 10.6 Å². The van der Waals surface area contributed by atoms with E-state index in [1.165, 1.54) is 11.1 Å². The van der Waals surface area contributed by atoms with Crippen LogP contribution in [0.2, 0.25) is 0 Å². The Morgan fingerprint density at radius 3 is 2.30 bits per heavy atom. The highest BCUT2D eigenvalue weighted by molar-refractivity contribution is 5.97. The van der Waals surface area contributed by atoms with E-state index < -0.39 is 6.04 Å². The van der Waals surface area contributed by atoms with Crippen LogP contribution in [0.3, 0.4) is 0 Å². The normalized spacial score (nSPS) is 16.2. The van der Waals surface area contributed by atoms with Gasteiger partial charge in [-0.15, -0.1) is 0 Å². The van der Waals surface area contributed by atoms with Crippen LogP contribution in [0.1, 0.15) is 45.9 Å². The van der Waals surface area contributed by atoms with Crippen molar-refractivity contribution in [3.8, 4) is 0 Å². The summed E-state index contributed by atoms with van der Waals surface area (Å²) in [4.78, 5) is 26.0. The molecule has 2 amide bonds. The molecule has 0 heterocycles. The minimum atomic E-state index is -0.644. The van der Waals surface area contributed by atoms with Crippen LogP contribution in [0.5, 0.6) is 0 Å². The predicted molar refractivity (Wildman–Crippen MR) is 118 cm³/mol. The second-order valence-electron chi connectivity index (χ2n) is 7.73. The predicted octanol–water partition coefficient (Wildman–Crippen LogP) is 4.22. The molecule has 152 valence electrons. The summed E-state index contributed by atoms with van der Waals surface area (Å²) in [6.45, 7) is 0. The second kappa shape index (κ2) is 9.40. The van der Waals surface area contributed by atoms with Gasteiger partial charge in [0.2, 0.25) is 5.91 Å². The average molecular weight is 399 g/mol. The van der Waals surface area contributed by atoms with Crippen LogP contribution < -0.4 is 10.6 Å². The van der Waals surface area contributed by atoms with Crippen molar-refractivity contribution in [2.45, 2.75) is 37.8 Å². The molecule has 3 aromatic carbocycles. The smallest absolute Gasteiger partial charge is 0.251 e. The Morgan fingerprint density at radius 1 is 0.867 bits per heavy atom. The summed E-state index contributed by atoms with van der Waals surface area (Å²) in [6, 6.07) is 26.4. The van der Waals surface area contributed by atoms with Gasteiger partial charge in [-0.2, -0.15) is 0 Å². The highest BCUT2D eigenvalue weighted by Crippen LogP contribution is 2.29. The minimum absolute atomic E-state index is 0.0191. The van der Waals surface area contributed by atoms with Crippen LogP contribution >= 0.6 is 0 Å². The van der Waals surface area contributed by atoms with Crippen molar-refractivity contribution in [1.29, 1.82) is 0 Å². The van der Waals surface area contributed by atoms with E-state index in [4.69, 9.17) is 0 Å². The van der Waals surface area contributed by atoms with Gasteiger partial charge in [-0.3, -0.25) is 9.59 Å². The van der Waals surface area contributed by atoms with E-state index in [-0.39, 0.29) is 17.9 Å². The zero-order valence-corrected chi connectivity index (χ0v) is 16.9. The van der Waals surface area contributed by atoms with E-state index in [1.54, 1.807) is 12.1 Å². The molecule has 0 radical (unpaired) electrons. The summed E-state index contributed by atoms with van der Waals surface area (Å²) >= 11 is 0. The van der Waals surface area contributed by atoms with Crippen molar-refractivity contribution in [1.82, 2.24) is 10.6 Å². The van der Waals surface area contributed by atoms with E-state index in [2.05, 4.69) is 22.8 Å². The molecule has 4 rings (SSSR count). The zero-order chi connectivity index (χ0) is 20.8. The first-order chi connectivity index (χ1) is 14.7. The third kappa shape index (κ3) is 4.77. The Labute approximate surface area is 177 Å². The lowest BCUT2D eigenvalue weighted by atomic mass is 9.87. The Kier molecular flexibility index (Phi) is 6.23. The molecular weight excluding hydrogens is 372 g/mol. The molecule has 0 spiro atoms. The maximum absolute atomic E-state index is 13.3. The molecule has 0 fully saturated rings. The van der Waals surface area contributed by atoms with E-state index in [0.717, 1.165) is 24.8 Å². The zero-order valence-electron chi connectivity index (χ0n) is 16.9. The number of benzene rings is 3. The Morgan fingerprint density at radius 2 is 1.53 bits per heavy atom. The molecule has 0 unspecified atom stereocenters. The Balaban J connectivity index is 1.53. The SMILES string of the molecule is O=C(N[C@@H](Cc1ccccc1)C(=O)N[C@@H]1CCCc2ccccc21)c1ccccc1. The quantitative estimate of drug-likeness (QED) is 0.653. The van der Waals surface area contributed by atoms with E-state index >= 15 is 0 Å². The van der Waals surface area contributed by atoms with Gasteiger partial charge in [0.05, 0.1) is 6.04 Å². The topological polar surface area (TPSA) is 58.2 Å². The Hall–Kier alpha value is -3.40. The van der Waals surface area contributed by atoms with Crippen LogP contribution in [0.4, 0.5) is 0 Å². The van der Waals surface area contributed by atoms with Gasteiger partial charge in [-0.25, -0.2) is 0 Å². The molecule has 0 saturated heterocycles. The maximum atomic E-state index is 13.3. The number of aryl methyl sites for hydroxylation is 1. The fourth-order valence-corrected chi connectivity index (χ4v) is 4.07. The summed E-state index contributed by atoms with van der Waals surface area (Å²) < 4.78 is 0. The number of hydrogen-bond acceptors (Lipinski definition) is 2. The van der Waals surface area contributed by atoms with Gasteiger partial charge in [0.25, 0.3) is 5.91 Å². The molecule has 1 aliphatic rings. The van der Waals surface area contributed by atoms with Crippen LogP contribution in [0.15, 0.2) is 84.9 Å². The minimum Gasteiger partial charge on any atom is -0.347 e. The van der Waals surface area contributed by atoms with Gasteiger partial charge in [0.1, 0.15) is 6.04 Å². The summed E-state index contributed by atoms with van der Waals surface area (Å²) in [6.07, 6.45) is 3.44. The third-order valence-electron chi connectivity index (χ3n) is 5.63. The standard InChI is InChI=1S/C26H26N2O2/c29-25(21-13-5-2-6-14-21)28-24(18-19-10-3-1-4-11-19)26(30)27-23-17-9-15-20-12-7-8-16-22(20)23/h1-8,10-14,16,23-24H,9,15,17-18H2,(H,27,30)(H,28,29)/t23-,24+/m1/s1. The van der Waals surface area contributed by atoms with Crippen molar-refractivity contribution in [3.63, 3.8) is 0 Å². The summed E-state index contributed by atoms with van der Waals surface area (Å²) in [5, 5.41) is 6.14. The van der Waals surface area contributed by atoms with Crippen LogP contribution in [-0.2, 0) is 17.6 Å². The van der Waals surface area contributed by atoms with Gasteiger partial charge in [-0.1, -0.05) is 72.8 Å². The van der Waals surface area contributed by atoms with Gasteiger partial charge >= 0.3 is 0 Å². The molecule has 3 aromatic rings. The molecule has 0 aliphatic heterocycles. The lowest BCUT2D eigenvalue weighted by Crippen LogP contribution is -2.49. The summed E-state index contributed by atoms with van der Waals surface area (Å²) in [5.41, 5.74) is 4.04. The highest BCUT2D eigenvalue weighted by Gasteiger charge is 2.27. The molecule has 0 saturated carbocycles. The van der Waals surface area contributed by atoms with Crippen molar-refractivity contribution in [2.75, 3.05) is 0 Å². The first-order valence-corrected chi connectivity index (χ1v) is 10.5. The lowest BCUT2D eigenvalue weighted by molar-refractivity contribution is -0.123. The van der Waals surface area contributed by atoms with Crippen molar-refractivity contribution in [3.05, 3.63) is 107 Å². The highest BCUT2D eigenvalue weighted by atomic mass is 16.2. The van der Waals surface area contributed by atoms with E-state index in [0.29, 0.717) is 12.0 Å². The second-order valence-corrected chi connectivity index (χ2v) is 7.73. The van der Waals surface area contributed by atoms with E-state index in [9.17, 15) is 9.59 Å².